The molecule has 0 atom stereocenters. The number of carbonyl (C=O) groups is 2. The molecular formula is C26H39N3O4. The van der Waals surface area contributed by atoms with Crippen LogP contribution >= 0.6 is 0 Å². The molecule has 4 fully saturated rings. The van der Waals surface area contributed by atoms with Gasteiger partial charge in [0.1, 0.15) is 5.56 Å². The molecule has 7 heteroatoms. The van der Waals surface area contributed by atoms with Crippen molar-refractivity contribution in [2.24, 2.45) is 35.0 Å². The van der Waals surface area contributed by atoms with Gasteiger partial charge in [0.05, 0.1) is 18.2 Å². The van der Waals surface area contributed by atoms with E-state index in [9.17, 15) is 14.7 Å². The van der Waals surface area contributed by atoms with Crippen molar-refractivity contribution < 1.29 is 19.4 Å². The Morgan fingerprint density at radius 2 is 1.79 bits per heavy atom. The quantitative estimate of drug-likeness (QED) is 0.525. The van der Waals surface area contributed by atoms with Gasteiger partial charge in [-0.1, -0.05) is 27.7 Å². The molecule has 0 saturated heterocycles. The van der Waals surface area contributed by atoms with Gasteiger partial charge in [0.2, 0.25) is 5.88 Å². The van der Waals surface area contributed by atoms with Crippen LogP contribution in [0.2, 0.25) is 0 Å². The summed E-state index contributed by atoms with van der Waals surface area (Å²) in [7, 11) is 0. The lowest BCUT2D eigenvalue weighted by atomic mass is 9.54. The monoisotopic (exact) mass is 457 g/mol. The van der Waals surface area contributed by atoms with E-state index in [1.165, 1.54) is 36.8 Å². The minimum absolute atomic E-state index is 0.138. The zero-order chi connectivity index (χ0) is 23.8. The number of nitrogens with one attached hydrogen (secondary N) is 1. The Morgan fingerprint density at radius 1 is 1.18 bits per heavy atom. The van der Waals surface area contributed by atoms with Crippen molar-refractivity contribution in [2.45, 2.75) is 78.7 Å². The summed E-state index contributed by atoms with van der Waals surface area (Å²) in [6.45, 7) is 8.28. The van der Waals surface area contributed by atoms with Gasteiger partial charge in [-0.05, 0) is 80.6 Å². The first-order valence-electron chi connectivity index (χ1n) is 12.7. The third-order valence-corrected chi connectivity index (χ3v) is 8.29. The van der Waals surface area contributed by atoms with Gasteiger partial charge in [-0.15, -0.1) is 0 Å². The molecule has 4 bridgehead atoms. The molecule has 0 radical (unpaired) electrons. The third kappa shape index (κ3) is 4.69. The number of rotatable bonds is 10. The maximum absolute atomic E-state index is 13.4. The molecule has 0 unspecified atom stereocenters. The summed E-state index contributed by atoms with van der Waals surface area (Å²) in [6.07, 6.45) is 12.1. The van der Waals surface area contributed by atoms with Crippen LogP contribution in [0.3, 0.4) is 0 Å². The van der Waals surface area contributed by atoms with Crippen molar-refractivity contribution in [3.8, 4) is 5.88 Å². The number of aliphatic carboxylic acids is 1. The van der Waals surface area contributed by atoms with Crippen LogP contribution in [0, 0.1) is 35.0 Å². The summed E-state index contributed by atoms with van der Waals surface area (Å²) >= 11 is 0. The summed E-state index contributed by atoms with van der Waals surface area (Å²) in [5.74, 6) is 2.54. The van der Waals surface area contributed by atoms with Gasteiger partial charge in [0.15, 0.2) is 0 Å². The number of amides is 1. The van der Waals surface area contributed by atoms with Crippen LogP contribution in [-0.4, -0.2) is 39.4 Å². The highest BCUT2D eigenvalue weighted by Crippen LogP contribution is 2.53. The second-order valence-electron chi connectivity index (χ2n) is 10.9. The molecule has 2 N–H and O–H groups in total. The van der Waals surface area contributed by atoms with Crippen molar-refractivity contribution in [2.75, 3.05) is 6.61 Å². The minimum Gasteiger partial charge on any atom is -0.481 e. The number of hydrogen-bond acceptors (Lipinski definition) is 4. The number of nitrogens with zero attached hydrogens (tertiary/aromatic N) is 2. The van der Waals surface area contributed by atoms with E-state index in [4.69, 9.17) is 4.74 Å². The highest BCUT2D eigenvalue weighted by atomic mass is 16.5. The Kier molecular flexibility index (Phi) is 6.87. The first-order valence-corrected chi connectivity index (χ1v) is 12.7. The van der Waals surface area contributed by atoms with Crippen LogP contribution in [0.1, 0.15) is 83.0 Å². The predicted octanol–water partition coefficient (Wildman–Crippen LogP) is 4.83. The van der Waals surface area contributed by atoms with E-state index in [1.807, 2.05) is 13.8 Å². The fourth-order valence-corrected chi connectivity index (χ4v) is 6.47. The van der Waals surface area contributed by atoms with E-state index < -0.39 is 11.4 Å². The van der Waals surface area contributed by atoms with Crippen molar-refractivity contribution in [3.63, 3.8) is 0 Å². The Bertz CT molecular complexity index is 871. The topological polar surface area (TPSA) is 93.5 Å². The molecule has 4 aliphatic carbocycles. The van der Waals surface area contributed by atoms with Crippen molar-refractivity contribution in [1.82, 2.24) is 15.1 Å². The third-order valence-electron chi connectivity index (χ3n) is 8.29. The molecule has 1 aromatic heterocycles. The maximum Gasteiger partial charge on any atom is 0.313 e. The number of carbonyl (C=O) groups excluding carboxylic acids is 1. The van der Waals surface area contributed by atoms with E-state index in [2.05, 4.69) is 24.3 Å². The number of aromatic nitrogens is 2. The molecule has 4 saturated carbocycles. The standard InChI is InChI=1S/C26H39N3O4/c1-5-26(6-2,25(31)32)7-8-29-24(33-15-16(3)4)21(14-27-29)23(30)28-22-19-10-17-9-18(12-19)13-20(22)11-17/h7-8,14,16-20,22H,5-6,9-13,15H2,1-4H3,(H,28,30)(H,31,32). The average molecular weight is 458 g/mol. The second-order valence-corrected chi connectivity index (χ2v) is 10.9. The molecule has 33 heavy (non-hydrogen) atoms. The minimum atomic E-state index is -0.968. The molecule has 1 amide bonds. The van der Waals surface area contributed by atoms with E-state index in [0.29, 0.717) is 42.7 Å². The molecule has 0 spiro atoms. The first-order chi connectivity index (χ1) is 15.8. The summed E-state index contributed by atoms with van der Waals surface area (Å²) < 4.78 is 7.54. The van der Waals surface area contributed by atoms with E-state index in [-0.39, 0.29) is 17.9 Å². The second kappa shape index (κ2) is 9.51. The summed E-state index contributed by atoms with van der Waals surface area (Å²) in [4.78, 5) is 25.3. The number of hydrogen-bond donors (Lipinski definition) is 2. The van der Waals surface area contributed by atoms with Crippen LogP contribution < -0.4 is 10.1 Å². The molecule has 1 aromatic rings. The average Bonchev–Trinajstić information content (AvgIpc) is 3.18. The normalized spacial score (nSPS) is 28.6. The Hall–Kier alpha value is -2.31. The molecular weight excluding hydrogens is 418 g/mol. The molecule has 5 rings (SSSR count). The Balaban J connectivity index is 1.56. The molecule has 7 nitrogen and oxygen atoms in total. The first kappa shape index (κ1) is 23.8. The SMILES string of the molecule is CCC(C=Cn1ncc(C(=O)NC2C3CC4CC(C3)CC2C4)c1OCC(C)C)(CC)C(=O)O. The van der Waals surface area contributed by atoms with Crippen LogP contribution in [0.15, 0.2) is 12.3 Å². The fourth-order valence-electron chi connectivity index (χ4n) is 6.47. The van der Waals surface area contributed by atoms with Gasteiger partial charge in [-0.3, -0.25) is 9.59 Å². The summed E-state index contributed by atoms with van der Waals surface area (Å²) in [5.41, 5.74) is -0.549. The number of carboxylic acid groups (broad SMARTS) is 1. The maximum atomic E-state index is 13.4. The highest BCUT2D eigenvalue weighted by Gasteiger charge is 2.48. The van der Waals surface area contributed by atoms with Crippen LogP contribution in [0.25, 0.3) is 6.20 Å². The van der Waals surface area contributed by atoms with Crippen molar-refractivity contribution >= 4 is 18.1 Å². The zero-order valence-corrected chi connectivity index (χ0v) is 20.4. The highest BCUT2D eigenvalue weighted by molar-refractivity contribution is 5.96. The Morgan fingerprint density at radius 3 is 2.30 bits per heavy atom. The molecule has 1 heterocycles. The van der Waals surface area contributed by atoms with Gasteiger partial charge >= 0.3 is 5.97 Å². The van der Waals surface area contributed by atoms with Crippen LogP contribution in [-0.2, 0) is 4.79 Å². The lowest BCUT2D eigenvalue weighted by Gasteiger charge is -2.54. The van der Waals surface area contributed by atoms with E-state index in [1.54, 1.807) is 18.5 Å². The lowest BCUT2D eigenvalue weighted by molar-refractivity contribution is -0.146. The number of ether oxygens (including phenoxy) is 1. The van der Waals surface area contributed by atoms with Crippen LogP contribution in [0.5, 0.6) is 5.88 Å². The van der Waals surface area contributed by atoms with Crippen molar-refractivity contribution in [1.29, 1.82) is 0 Å². The fraction of sp³-hybridized carbons (Fsp3) is 0.731. The van der Waals surface area contributed by atoms with Gasteiger partial charge in [-0.25, -0.2) is 4.68 Å². The molecule has 182 valence electrons. The summed E-state index contributed by atoms with van der Waals surface area (Å²) in [5, 5.41) is 17.5. The van der Waals surface area contributed by atoms with Crippen LogP contribution in [0.4, 0.5) is 0 Å². The smallest absolute Gasteiger partial charge is 0.313 e. The van der Waals surface area contributed by atoms with Gasteiger partial charge in [0, 0.05) is 12.2 Å². The van der Waals surface area contributed by atoms with E-state index >= 15 is 0 Å². The summed E-state index contributed by atoms with van der Waals surface area (Å²) in [6, 6.07) is 0.238. The lowest BCUT2D eigenvalue weighted by Crippen LogP contribution is -2.55. The number of carboxylic acids is 1. The molecule has 0 aliphatic heterocycles. The van der Waals surface area contributed by atoms with Gasteiger partial charge in [0.25, 0.3) is 5.91 Å². The Labute approximate surface area is 197 Å². The van der Waals surface area contributed by atoms with Gasteiger partial charge in [-0.2, -0.15) is 5.10 Å². The van der Waals surface area contributed by atoms with Crippen molar-refractivity contribution in [3.05, 3.63) is 17.8 Å². The van der Waals surface area contributed by atoms with E-state index in [0.717, 1.165) is 11.8 Å². The molecule has 0 aromatic carbocycles. The largest absolute Gasteiger partial charge is 0.481 e. The molecule has 4 aliphatic rings. The predicted molar refractivity (Wildman–Crippen MR) is 127 cm³/mol. The van der Waals surface area contributed by atoms with Gasteiger partial charge < -0.3 is 15.2 Å². The zero-order valence-electron chi connectivity index (χ0n) is 20.4.